The minimum absolute atomic E-state index is 0.169. The van der Waals surface area contributed by atoms with Crippen LogP contribution in [0.15, 0.2) is 48.5 Å². The lowest BCUT2D eigenvalue weighted by molar-refractivity contribution is -0.138. The van der Waals surface area contributed by atoms with E-state index in [1.54, 1.807) is 18.2 Å². The van der Waals surface area contributed by atoms with Crippen molar-refractivity contribution in [3.63, 3.8) is 0 Å². The number of carbonyl (C=O) groups is 1. The van der Waals surface area contributed by atoms with Gasteiger partial charge in [-0.05, 0) is 54.5 Å². The number of benzene rings is 2. The van der Waals surface area contributed by atoms with Gasteiger partial charge in [0.05, 0.1) is 5.56 Å². The molecule has 1 amide bonds. The predicted octanol–water partition coefficient (Wildman–Crippen LogP) is 4.80. The topological polar surface area (TPSA) is 29.1 Å². The van der Waals surface area contributed by atoms with E-state index in [0.29, 0.717) is 13.0 Å². The standard InChI is InChI=1S/C21H19F4NO/c22-14-7-5-13(6-8-14)20(9-10-20)12-26-19(27)17-11-16(17)15-3-1-2-4-18(15)21(23,24)25/h1-8,16-17H,9-12H2,(H,26,27). The lowest BCUT2D eigenvalue weighted by atomic mass is 9.95. The molecule has 0 radical (unpaired) electrons. The summed E-state index contributed by atoms with van der Waals surface area (Å²) >= 11 is 0. The summed E-state index contributed by atoms with van der Waals surface area (Å²) in [6, 6.07) is 11.7. The van der Waals surface area contributed by atoms with Crippen LogP contribution in [0.5, 0.6) is 0 Å². The highest BCUT2D eigenvalue weighted by Crippen LogP contribution is 2.52. The Bertz CT molecular complexity index is 855. The summed E-state index contributed by atoms with van der Waals surface area (Å²) in [6.45, 7) is 0.432. The molecule has 2 unspecified atom stereocenters. The van der Waals surface area contributed by atoms with Crippen LogP contribution in [0.3, 0.4) is 0 Å². The molecule has 0 spiro atoms. The van der Waals surface area contributed by atoms with Crippen molar-refractivity contribution in [1.29, 1.82) is 0 Å². The van der Waals surface area contributed by atoms with Crippen molar-refractivity contribution in [2.24, 2.45) is 5.92 Å². The number of hydrogen-bond donors (Lipinski definition) is 1. The summed E-state index contributed by atoms with van der Waals surface area (Å²) in [5, 5.41) is 2.90. The van der Waals surface area contributed by atoms with Gasteiger partial charge in [-0.25, -0.2) is 4.39 Å². The Morgan fingerprint density at radius 1 is 1.07 bits per heavy atom. The Balaban J connectivity index is 1.40. The quantitative estimate of drug-likeness (QED) is 0.746. The molecule has 2 saturated carbocycles. The number of hydrogen-bond acceptors (Lipinski definition) is 1. The zero-order valence-electron chi connectivity index (χ0n) is 14.5. The Labute approximate surface area is 154 Å². The zero-order chi connectivity index (χ0) is 19.2. The molecule has 0 bridgehead atoms. The van der Waals surface area contributed by atoms with Crippen molar-refractivity contribution in [3.8, 4) is 0 Å². The molecular formula is C21H19F4NO. The molecule has 2 atom stereocenters. The van der Waals surface area contributed by atoms with E-state index in [2.05, 4.69) is 5.32 Å². The lowest BCUT2D eigenvalue weighted by Crippen LogP contribution is -2.33. The summed E-state index contributed by atoms with van der Waals surface area (Å²) in [7, 11) is 0. The van der Waals surface area contributed by atoms with Crippen LogP contribution in [0.1, 0.15) is 41.9 Å². The third kappa shape index (κ3) is 3.57. The predicted molar refractivity (Wildman–Crippen MR) is 92.6 cm³/mol. The molecule has 0 aromatic heterocycles. The number of alkyl halides is 3. The highest BCUT2D eigenvalue weighted by atomic mass is 19.4. The second-order valence-corrected chi connectivity index (χ2v) is 7.54. The van der Waals surface area contributed by atoms with Gasteiger partial charge >= 0.3 is 6.18 Å². The maximum Gasteiger partial charge on any atom is 0.416 e. The van der Waals surface area contributed by atoms with Crippen LogP contribution in [0.25, 0.3) is 0 Å². The molecule has 0 saturated heterocycles. The van der Waals surface area contributed by atoms with Gasteiger partial charge < -0.3 is 5.32 Å². The van der Waals surface area contributed by atoms with Gasteiger partial charge in [-0.15, -0.1) is 0 Å². The van der Waals surface area contributed by atoms with Gasteiger partial charge in [0.15, 0.2) is 0 Å². The van der Waals surface area contributed by atoms with Crippen molar-refractivity contribution in [2.45, 2.75) is 36.8 Å². The highest BCUT2D eigenvalue weighted by Gasteiger charge is 2.49. The average Bonchev–Trinajstić information content (AvgIpc) is 3.54. The summed E-state index contributed by atoms with van der Waals surface area (Å²) < 4.78 is 52.6. The van der Waals surface area contributed by atoms with Gasteiger partial charge in [0, 0.05) is 17.9 Å². The summed E-state index contributed by atoms with van der Waals surface area (Å²) in [5.41, 5.74) is 0.358. The molecule has 0 aliphatic heterocycles. The van der Waals surface area contributed by atoms with Crippen LogP contribution in [0.4, 0.5) is 17.6 Å². The van der Waals surface area contributed by atoms with Crippen molar-refractivity contribution in [1.82, 2.24) is 5.32 Å². The Kier molecular flexibility index (Phi) is 4.24. The van der Waals surface area contributed by atoms with Crippen LogP contribution >= 0.6 is 0 Å². The molecule has 27 heavy (non-hydrogen) atoms. The van der Waals surface area contributed by atoms with E-state index < -0.39 is 17.7 Å². The van der Waals surface area contributed by atoms with Crippen molar-refractivity contribution >= 4 is 5.91 Å². The van der Waals surface area contributed by atoms with Gasteiger partial charge in [-0.1, -0.05) is 30.3 Å². The van der Waals surface area contributed by atoms with Crippen LogP contribution in [-0.4, -0.2) is 12.5 Å². The zero-order valence-corrected chi connectivity index (χ0v) is 14.5. The molecule has 2 fully saturated rings. The van der Waals surface area contributed by atoms with Gasteiger partial charge in [0.25, 0.3) is 0 Å². The first-order valence-electron chi connectivity index (χ1n) is 9.00. The van der Waals surface area contributed by atoms with Crippen LogP contribution in [0, 0.1) is 11.7 Å². The third-order valence-electron chi connectivity index (χ3n) is 5.70. The minimum Gasteiger partial charge on any atom is -0.355 e. The molecule has 2 aliphatic rings. The molecule has 2 aromatic carbocycles. The van der Waals surface area contributed by atoms with Gasteiger partial charge in [-0.2, -0.15) is 13.2 Å². The fourth-order valence-electron chi connectivity index (χ4n) is 3.82. The molecule has 2 aromatic rings. The molecule has 1 N–H and O–H groups in total. The highest BCUT2D eigenvalue weighted by molar-refractivity contribution is 5.83. The second-order valence-electron chi connectivity index (χ2n) is 7.54. The maximum absolute atomic E-state index is 13.2. The maximum atomic E-state index is 13.2. The minimum atomic E-state index is -4.42. The summed E-state index contributed by atoms with van der Waals surface area (Å²) in [6.07, 6.45) is -2.17. The molecule has 6 heteroatoms. The normalized spacial score (nSPS) is 23.0. The Morgan fingerprint density at radius 2 is 1.74 bits per heavy atom. The van der Waals surface area contributed by atoms with Crippen molar-refractivity contribution < 1.29 is 22.4 Å². The molecule has 0 heterocycles. The second kappa shape index (κ2) is 6.36. The van der Waals surface area contributed by atoms with Crippen LogP contribution in [0.2, 0.25) is 0 Å². The van der Waals surface area contributed by atoms with Crippen LogP contribution < -0.4 is 5.32 Å². The van der Waals surface area contributed by atoms with Crippen molar-refractivity contribution in [2.75, 3.05) is 6.54 Å². The molecule has 142 valence electrons. The molecule has 2 aliphatic carbocycles. The van der Waals surface area contributed by atoms with E-state index in [-0.39, 0.29) is 28.6 Å². The van der Waals surface area contributed by atoms with Gasteiger partial charge in [0.2, 0.25) is 5.91 Å². The largest absolute Gasteiger partial charge is 0.416 e. The van der Waals surface area contributed by atoms with Crippen LogP contribution in [-0.2, 0) is 16.4 Å². The van der Waals surface area contributed by atoms with Crippen molar-refractivity contribution in [3.05, 3.63) is 71.0 Å². The van der Waals surface area contributed by atoms with E-state index >= 15 is 0 Å². The molecule has 4 rings (SSSR count). The van der Waals surface area contributed by atoms with E-state index in [4.69, 9.17) is 0 Å². The van der Waals surface area contributed by atoms with Gasteiger partial charge in [0.1, 0.15) is 5.82 Å². The smallest absolute Gasteiger partial charge is 0.355 e. The average molecular weight is 377 g/mol. The van der Waals surface area contributed by atoms with E-state index in [9.17, 15) is 22.4 Å². The van der Waals surface area contributed by atoms with E-state index in [1.165, 1.54) is 24.3 Å². The first-order valence-corrected chi connectivity index (χ1v) is 9.00. The monoisotopic (exact) mass is 377 g/mol. The number of amides is 1. The molecule has 2 nitrogen and oxygen atoms in total. The van der Waals surface area contributed by atoms with Gasteiger partial charge in [-0.3, -0.25) is 4.79 Å². The number of carbonyl (C=O) groups excluding carboxylic acids is 1. The Hall–Kier alpha value is -2.37. The number of rotatable bonds is 5. The fourth-order valence-corrected chi connectivity index (χ4v) is 3.82. The first-order chi connectivity index (χ1) is 12.8. The summed E-state index contributed by atoms with van der Waals surface area (Å²) in [4.78, 5) is 12.5. The summed E-state index contributed by atoms with van der Waals surface area (Å²) in [5.74, 6) is -1.31. The van der Waals surface area contributed by atoms with E-state index in [1.807, 2.05) is 0 Å². The third-order valence-corrected chi connectivity index (χ3v) is 5.70. The number of nitrogens with one attached hydrogen (secondary N) is 1. The first kappa shape index (κ1) is 18.0. The lowest BCUT2D eigenvalue weighted by Gasteiger charge is -2.17. The molecular weight excluding hydrogens is 358 g/mol. The van der Waals surface area contributed by atoms with E-state index in [0.717, 1.165) is 24.5 Å². The number of halogens is 4. The SMILES string of the molecule is O=C(NCC1(c2ccc(F)cc2)CC1)C1CC1c1ccccc1C(F)(F)F. The fraction of sp³-hybridized carbons (Fsp3) is 0.381. The Morgan fingerprint density at radius 3 is 2.37 bits per heavy atom.